The van der Waals surface area contributed by atoms with Crippen molar-refractivity contribution in [2.45, 2.75) is 6.10 Å². The first-order valence-corrected chi connectivity index (χ1v) is 8.98. The fraction of sp³-hybridized carbons (Fsp3) is 0.611. The molecule has 0 aromatic heterocycles. The molecule has 1 aromatic rings. The number of nitrogens with one attached hydrogen (secondary N) is 2. The molecule has 2 N–H and O–H groups in total. The Labute approximate surface area is 185 Å². The maximum absolute atomic E-state index is 12.1. The van der Waals surface area contributed by atoms with Crippen LogP contribution in [-0.2, 0) is 9.53 Å². The zero-order valence-electron chi connectivity index (χ0n) is 16.1. The number of hydrogen-bond acceptors (Lipinski definition) is 6. The summed E-state index contributed by atoms with van der Waals surface area (Å²) < 4.78 is 11.3. The summed E-state index contributed by atoms with van der Waals surface area (Å²) in [6.45, 7) is 7.98. The highest BCUT2D eigenvalue weighted by Gasteiger charge is 2.21. The zero-order valence-corrected chi connectivity index (χ0v) is 18.5. The fourth-order valence-electron chi connectivity index (χ4n) is 2.96. The molecule has 28 heavy (non-hydrogen) atoms. The van der Waals surface area contributed by atoms with Gasteiger partial charge in [0.05, 0.1) is 6.61 Å². The second-order valence-corrected chi connectivity index (χ2v) is 6.57. The smallest absolute Gasteiger partial charge is 0.254 e. The van der Waals surface area contributed by atoms with Crippen LogP contribution in [0.1, 0.15) is 0 Å². The number of piperazine rings is 1. The van der Waals surface area contributed by atoms with E-state index in [-0.39, 0.29) is 43.1 Å². The first-order valence-electron chi connectivity index (χ1n) is 8.98. The number of morpholine rings is 1. The second kappa shape index (κ2) is 14.2. The molecule has 1 atom stereocenters. The molecule has 162 valence electrons. The summed E-state index contributed by atoms with van der Waals surface area (Å²) in [4.78, 5) is 16.9. The SMILES string of the molecule is CN1CCN(CCOc2ccc(NC(=O)C3CNCCO3)cc2)CC1.Cl.Cl.Cl. The van der Waals surface area contributed by atoms with Crippen molar-refractivity contribution < 1.29 is 14.3 Å². The van der Waals surface area contributed by atoms with Crippen molar-refractivity contribution in [2.24, 2.45) is 0 Å². The number of amides is 1. The van der Waals surface area contributed by atoms with E-state index in [9.17, 15) is 4.79 Å². The molecule has 10 heteroatoms. The van der Waals surface area contributed by atoms with Crippen LogP contribution in [0.2, 0.25) is 0 Å². The van der Waals surface area contributed by atoms with Gasteiger partial charge in [0.1, 0.15) is 18.5 Å². The van der Waals surface area contributed by atoms with Crippen LogP contribution >= 0.6 is 37.2 Å². The van der Waals surface area contributed by atoms with Gasteiger partial charge in [0.2, 0.25) is 0 Å². The number of rotatable bonds is 6. The highest BCUT2D eigenvalue weighted by molar-refractivity contribution is 5.94. The van der Waals surface area contributed by atoms with E-state index in [1.165, 1.54) is 0 Å². The van der Waals surface area contributed by atoms with Crippen molar-refractivity contribution in [3.63, 3.8) is 0 Å². The highest BCUT2D eigenvalue weighted by Crippen LogP contribution is 2.16. The summed E-state index contributed by atoms with van der Waals surface area (Å²) in [5.74, 6) is 0.707. The van der Waals surface area contributed by atoms with Crippen LogP contribution in [0.15, 0.2) is 24.3 Å². The number of hydrogen-bond donors (Lipinski definition) is 2. The third-order valence-electron chi connectivity index (χ3n) is 4.61. The van der Waals surface area contributed by atoms with Crippen LogP contribution in [0.3, 0.4) is 0 Å². The predicted molar refractivity (Wildman–Crippen MR) is 119 cm³/mol. The normalized spacial score (nSPS) is 20.1. The molecule has 0 bridgehead atoms. The molecular weight excluding hydrogens is 427 g/mol. The summed E-state index contributed by atoms with van der Waals surface area (Å²) in [7, 11) is 2.16. The number of nitrogens with zero attached hydrogens (tertiary/aromatic N) is 2. The first-order chi connectivity index (χ1) is 12.2. The van der Waals surface area contributed by atoms with E-state index in [0.29, 0.717) is 19.8 Å². The standard InChI is InChI=1S/C18H28N4O3.3ClH/c1-21-7-9-22(10-8-21)11-13-24-16-4-2-15(3-5-16)20-18(23)17-14-19-6-12-25-17;;;/h2-5,17,19H,6-14H2,1H3,(H,20,23);3*1H. The van der Waals surface area contributed by atoms with Gasteiger partial charge >= 0.3 is 0 Å². The van der Waals surface area contributed by atoms with Crippen LogP contribution in [-0.4, -0.2) is 87.9 Å². The number of carbonyl (C=O) groups is 1. The van der Waals surface area contributed by atoms with Gasteiger partial charge < -0.3 is 25.0 Å². The Hall–Kier alpha value is -0.800. The quantitative estimate of drug-likeness (QED) is 0.675. The molecule has 2 aliphatic rings. The highest BCUT2D eigenvalue weighted by atomic mass is 35.5. The van der Waals surface area contributed by atoms with Gasteiger partial charge in [0.25, 0.3) is 5.91 Å². The Bertz CT molecular complexity index is 552. The molecule has 7 nitrogen and oxygen atoms in total. The number of likely N-dealkylation sites (N-methyl/N-ethyl adjacent to an activating group) is 1. The summed E-state index contributed by atoms with van der Waals surface area (Å²) >= 11 is 0. The van der Waals surface area contributed by atoms with Gasteiger partial charge in [-0.3, -0.25) is 9.69 Å². The van der Waals surface area contributed by atoms with Crippen LogP contribution < -0.4 is 15.4 Å². The third kappa shape index (κ3) is 8.69. The lowest BCUT2D eigenvalue weighted by atomic mass is 10.2. The number of benzene rings is 1. The average molecular weight is 458 g/mol. The van der Waals surface area contributed by atoms with Gasteiger partial charge in [-0.1, -0.05) is 0 Å². The Morgan fingerprint density at radius 3 is 2.46 bits per heavy atom. The summed E-state index contributed by atoms with van der Waals surface area (Å²) in [5.41, 5.74) is 0.755. The molecule has 0 saturated carbocycles. The van der Waals surface area contributed by atoms with Gasteiger partial charge in [0.15, 0.2) is 0 Å². The average Bonchev–Trinajstić information content (AvgIpc) is 2.65. The number of anilines is 1. The number of carbonyl (C=O) groups excluding carboxylic acids is 1. The van der Waals surface area contributed by atoms with Crippen LogP contribution in [0.4, 0.5) is 5.69 Å². The van der Waals surface area contributed by atoms with E-state index in [0.717, 1.165) is 50.7 Å². The summed E-state index contributed by atoms with van der Waals surface area (Å²) in [5, 5.41) is 6.03. The monoisotopic (exact) mass is 456 g/mol. The molecule has 2 aliphatic heterocycles. The molecule has 1 unspecified atom stereocenters. The molecule has 0 spiro atoms. The van der Waals surface area contributed by atoms with Crippen LogP contribution in [0, 0.1) is 0 Å². The van der Waals surface area contributed by atoms with Gasteiger partial charge in [-0.25, -0.2) is 0 Å². The molecule has 2 fully saturated rings. The van der Waals surface area contributed by atoms with E-state index in [2.05, 4.69) is 27.5 Å². The Morgan fingerprint density at radius 1 is 1.18 bits per heavy atom. The maximum Gasteiger partial charge on any atom is 0.254 e. The molecular formula is C18H31Cl3N4O3. The van der Waals surface area contributed by atoms with E-state index in [1.54, 1.807) is 0 Å². The lowest BCUT2D eigenvalue weighted by Crippen LogP contribution is -2.45. The lowest BCUT2D eigenvalue weighted by Gasteiger charge is -2.32. The molecule has 1 amide bonds. The second-order valence-electron chi connectivity index (χ2n) is 6.57. The minimum atomic E-state index is -0.423. The molecule has 2 saturated heterocycles. The minimum Gasteiger partial charge on any atom is -0.492 e. The van der Waals surface area contributed by atoms with Crippen molar-refractivity contribution >= 4 is 48.8 Å². The predicted octanol–water partition coefficient (Wildman–Crippen LogP) is 1.51. The molecule has 0 aliphatic carbocycles. The Balaban J connectivity index is 0.00000243. The molecule has 1 aromatic carbocycles. The van der Waals surface area contributed by atoms with Gasteiger partial charge in [0, 0.05) is 51.5 Å². The Morgan fingerprint density at radius 2 is 1.86 bits per heavy atom. The van der Waals surface area contributed by atoms with Gasteiger partial charge in [-0.15, -0.1) is 37.2 Å². The van der Waals surface area contributed by atoms with Crippen LogP contribution in [0.25, 0.3) is 0 Å². The van der Waals surface area contributed by atoms with Crippen molar-refractivity contribution in [3.8, 4) is 5.75 Å². The Kier molecular flexibility index (Phi) is 13.8. The van der Waals surface area contributed by atoms with Crippen molar-refractivity contribution in [2.75, 3.05) is 71.4 Å². The fourth-order valence-corrected chi connectivity index (χ4v) is 2.96. The van der Waals surface area contributed by atoms with E-state index >= 15 is 0 Å². The first kappa shape index (κ1) is 27.2. The third-order valence-corrected chi connectivity index (χ3v) is 4.61. The van der Waals surface area contributed by atoms with Crippen molar-refractivity contribution in [1.29, 1.82) is 0 Å². The molecule has 2 heterocycles. The van der Waals surface area contributed by atoms with E-state index in [4.69, 9.17) is 9.47 Å². The van der Waals surface area contributed by atoms with E-state index in [1.807, 2.05) is 24.3 Å². The topological polar surface area (TPSA) is 66.1 Å². The minimum absolute atomic E-state index is 0. The summed E-state index contributed by atoms with van der Waals surface area (Å²) in [6, 6.07) is 7.50. The van der Waals surface area contributed by atoms with Gasteiger partial charge in [-0.05, 0) is 31.3 Å². The van der Waals surface area contributed by atoms with E-state index < -0.39 is 6.10 Å². The number of ether oxygens (including phenoxy) is 2. The molecule has 3 rings (SSSR count). The van der Waals surface area contributed by atoms with Crippen LogP contribution in [0.5, 0.6) is 5.75 Å². The maximum atomic E-state index is 12.1. The lowest BCUT2D eigenvalue weighted by molar-refractivity contribution is -0.128. The zero-order chi connectivity index (χ0) is 17.5. The van der Waals surface area contributed by atoms with Gasteiger partial charge in [-0.2, -0.15) is 0 Å². The number of halogens is 3. The molecule has 0 radical (unpaired) electrons. The van der Waals surface area contributed by atoms with Crippen molar-refractivity contribution in [1.82, 2.24) is 15.1 Å². The summed E-state index contributed by atoms with van der Waals surface area (Å²) in [6.07, 6.45) is -0.423. The van der Waals surface area contributed by atoms with Crippen molar-refractivity contribution in [3.05, 3.63) is 24.3 Å². The largest absolute Gasteiger partial charge is 0.492 e.